The number of carbonyl (C=O) groups excluding carboxylic acids is 1. The minimum absolute atomic E-state index is 0.142. The molecule has 1 aliphatic carbocycles. The number of nitrogens with zero attached hydrogens (tertiary/aromatic N) is 5. The van der Waals surface area contributed by atoms with Gasteiger partial charge in [0.2, 0.25) is 5.91 Å². The zero-order valence-corrected chi connectivity index (χ0v) is 21.3. The predicted octanol–water partition coefficient (Wildman–Crippen LogP) is 3.06. The minimum Gasteiger partial charge on any atom is -0.490 e. The first kappa shape index (κ1) is 24.4. The zero-order valence-electron chi connectivity index (χ0n) is 20.6. The quantitative estimate of drug-likeness (QED) is 0.387. The number of benzene rings is 2. The van der Waals surface area contributed by atoms with Gasteiger partial charge in [0.1, 0.15) is 24.7 Å². The molecule has 3 heterocycles. The fourth-order valence-corrected chi connectivity index (χ4v) is 4.87. The Hall–Kier alpha value is -3.94. The van der Waals surface area contributed by atoms with E-state index >= 15 is 0 Å². The normalized spacial score (nSPS) is 16.5. The van der Waals surface area contributed by atoms with Gasteiger partial charge in [0.05, 0.1) is 58.3 Å². The van der Waals surface area contributed by atoms with E-state index in [1.807, 2.05) is 12.1 Å². The van der Waals surface area contributed by atoms with Crippen LogP contribution in [0.5, 0.6) is 5.75 Å². The van der Waals surface area contributed by atoms with Crippen LogP contribution in [-0.2, 0) is 22.5 Å². The van der Waals surface area contributed by atoms with Crippen molar-refractivity contribution in [2.24, 2.45) is 5.41 Å². The number of halogens is 1. The molecule has 1 saturated heterocycles. The molecule has 0 atom stereocenters. The second-order valence-corrected chi connectivity index (χ2v) is 10.2. The SMILES string of the molecule is N#CC1(COc2cc3[nH]c(Cc4nn(CC(=O)N5CCOCC5)c(=O)c5ccccc45)nc3cc2Cl)CC1. The van der Waals surface area contributed by atoms with Gasteiger partial charge in [-0.15, -0.1) is 0 Å². The monoisotopic (exact) mass is 532 g/mol. The third-order valence-corrected chi connectivity index (χ3v) is 7.40. The van der Waals surface area contributed by atoms with Crippen molar-refractivity contribution < 1.29 is 14.3 Å². The van der Waals surface area contributed by atoms with E-state index in [1.165, 1.54) is 4.68 Å². The molecular formula is C27H25ClN6O4. The molecule has 4 aromatic rings. The highest BCUT2D eigenvalue weighted by molar-refractivity contribution is 6.32. The van der Waals surface area contributed by atoms with Crippen molar-refractivity contribution in [1.82, 2.24) is 24.6 Å². The van der Waals surface area contributed by atoms with Crippen molar-refractivity contribution in [2.75, 3.05) is 32.9 Å². The van der Waals surface area contributed by atoms with E-state index in [-0.39, 0.29) is 18.0 Å². The third-order valence-electron chi connectivity index (χ3n) is 7.11. The Morgan fingerprint density at radius 1 is 1.21 bits per heavy atom. The standard InChI is InChI=1S/C27H25ClN6O4/c28-19-11-21-22(12-23(19)38-16-27(15-29)5-6-27)31-24(30-21)13-20-17-3-1-2-4-18(17)26(36)34(32-20)14-25(35)33-7-9-37-10-8-33/h1-4,11-12H,5-10,13-14,16H2,(H,30,31). The maximum atomic E-state index is 13.2. The van der Waals surface area contributed by atoms with Gasteiger partial charge >= 0.3 is 0 Å². The van der Waals surface area contributed by atoms with Crippen LogP contribution in [0.15, 0.2) is 41.2 Å². The molecule has 0 spiro atoms. The Labute approximate surface area is 222 Å². The molecule has 1 saturated carbocycles. The van der Waals surface area contributed by atoms with Gasteiger partial charge in [0.15, 0.2) is 0 Å². The zero-order chi connectivity index (χ0) is 26.3. The van der Waals surface area contributed by atoms with Crippen molar-refractivity contribution in [3.05, 3.63) is 63.3 Å². The number of nitrogens with one attached hydrogen (secondary N) is 1. The molecule has 10 nitrogen and oxygen atoms in total. The summed E-state index contributed by atoms with van der Waals surface area (Å²) < 4.78 is 12.4. The second-order valence-electron chi connectivity index (χ2n) is 9.79. The van der Waals surface area contributed by atoms with Crippen LogP contribution < -0.4 is 10.3 Å². The molecule has 2 aliphatic rings. The highest BCUT2D eigenvalue weighted by atomic mass is 35.5. The van der Waals surface area contributed by atoms with Gasteiger partial charge in [0, 0.05) is 24.5 Å². The van der Waals surface area contributed by atoms with E-state index < -0.39 is 5.41 Å². The molecule has 1 aliphatic heterocycles. The van der Waals surface area contributed by atoms with E-state index in [9.17, 15) is 14.9 Å². The van der Waals surface area contributed by atoms with Crippen LogP contribution in [0.2, 0.25) is 5.02 Å². The van der Waals surface area contributed by atoms with Gasteiger partial charge in [-0.25, -0.2) is 9.67 Å². The van der Waals surface area contributed by atoms with E-state index in [1.54, 1.807) is 29.2 Å². The van der Waals surface area contributed by atoms with Crippen LogP contribution >= 0.6 is 11.6 Å². The first-order chi connectivity index (χ1) is 18.4. The Kier molecular flexibility index (Phi) is 6.26. The van der Waals surface area contributed by atoms with Crippen LogP contribution in [0.3, 0.4) is 0 Å². The van der Waals surface area contributed by atoms with Crippen molar-refractivity contribution in [3.8, 4) is 11.8 Å². The molecule has 2 fully saturated rings. The lowest BCUT2D eigenvalue weighted by molar-refractivity contribution is -0.136. The highest BCUT2D eigenvalue weighted by Crippen LogP contribution is 2.45. The van der Waals surface area contributed by atoms with Crippen molar-refractivity contribution in [2.45, 2.75) is 25.8 Å². The minimum atomic E-state index is -0.406. The molecule has 38 heavy (non-hydrogen) atoms. The number of H-pyrrole nitrogens is 1. The molecule has 1 amide bonds. The van der Waals surface area contributed by atoms with Gasteiger partial charge in [-0.05, 0) is 25.0 Å². The summed E-state index contributed by atoms with van der Waals surface area (Å²) in [7, 11) is 0. The summed E-state index contributed by atoms with van der Waals surface area (Å²) in [4.78, 5) is 35.7. The van der Waals surface area contributed by atoms with Gasteiger partial charge in [-0.2, -0.15) is 10.4 Å². The Morgan fingerprint density at radius 3 is 2.71 bits per heavy atom. The topological polar surface area (TPSA) is 126 Å². The van der Waals surface area contributed by atoms with Gasteiger partial charge in [-0.3, -0.25) is 9.59 Å². The van der Waals surface area contributed by atoms with Crippen LogP contribution in [0.4, 0.5) is 0 Å². The maximum absolute atomic E-state index is 13.2. The average molecular weight is 533 g/mol. The average Bonchev–Trinajstić information content (AvgIpc) is 3.62. The van der Waals surface area contributed by atoms with Crippen LogP contribution in [0.25, 0.3) is 21.8 Å². The molecule has 2 aromatic carbocycles. The molecule has 1 N–H and O–H groups in total. The fourth-order valence-electron chi connectivity index (χ4n) is 4.66. The van der Waals surface area contributed by atoms with E-state index in [2.05, 4.69) is 21.1 Å². The molecule has 0 unspecified atom stereocenters. The molecule has 194 valence electrons. The number of aromatic nitrogens is 4. The molecular weight excluding hydrogens is 508 g/mol. The van der Waals surface area contributed by atoms with E-state index in [0.29, 0.717) is 77.9 Å². The number of aromatic amines is 1. The first-order valence-electron chi connectivity index (χ1n) is 12.5. The van der Waals surface area contributed by atoms with Crippen LogP contribution in [0, 0.1) is 16.7 Å². The summed E-state index contributed by atoms with van der Waals surface area (Å²) in [5, 5.41) is 15.5. The number of carbonyl (C=O) groups is 1. The first-order valence-corrected chi connectivity index (χ1v) is 12.9. The molecule has 11 heteroatoms. The molecule has 0 radical (unpaired) electrons. The lowest BCUT2D eigenvalue weighted by atomic mass is 10.1. The fraction of sp³-hybridized carbons (Fsp3) is 0.370. The van der Waals surface area contributed by atoms with E-state index in [4.69, 9.17) is 21.1 Å². The van der Waals surface area contributed by atoms with E-state index in [0.717, 1.165) is 18.4 Å². The van der Waals surface area contributed by atoms with Crippen molar-refractivity contribution >= 4 is 39.3 Å². The largest absolute Gasteiger partial charge is 0.490 e. The van der Waals surface area contributed by atoms with Gasteiger partial charge in [0.25, 0.3) is 5.56 Å². The smallest absolute Gasteiger partial charge is 0.275 e. The number of imidazole rings is 1. The number of ether oxygens (including phenoxy) is 2. The summed E-state index contributed by atoms with van der Waals surface area (Å²) in [5.74, 6) is 0.959. The molecule has 2 aromatic heterocycles. The van der Waals surface area contributed by atoms with Gasteiger partial charge in [-0.1, -0.05) is 29.8 Å². The Morgan fingerprint density at radius 2 is 1.97 bits per heavy atom. The lowest BCUT2D eigenvalue weighted by Gasteiger charge is -2.26. The third kappa shape index (κ3) is 4.71. The Bertz CT molecular complexity index is 1650. The summed E-state index contributed by atoms with van der Waals surface area (Å²) in [6, 6.07) is 13.1. The number of amides is 1. The number of fused-ring (bicyclic) bond motifs is 2. The number of hydrogen-bond acceptors (Lipinski definition) is 7. The molecule has 6 rings (SSSR count). The summed E-state index contributed by atoms with van der Waals surface area (Å²) >= 11 is 6.44. The molecule has 0 bridgehead atoms. The number of nitriles is 1. The van der Waals surface area contributed by atoms with Gasteiger partial charge < -0.3 is 19.4 Å². The number of rotatable bonds is 7. The highest BCUT2D eigenvalue weighted by Gasteiger charge is 2.44. The van der Waals surface area contributed by atoms with Crippen LogP contribution in [0.1, 0.15) is 24.4 Å². The van der Waals surface area contributed by atoms with Crippen LogP contribution in [-0.4, -0.2) is 63.5 Å². The second kappa shape index (κ2) is 9.74. The Balaban J connectivity index is 1.30. The van der Waals surface area contributed by atoms with Crippen molar-refractivity contribution in [3.63, 3.8) is 0 Å². The predicted molar refractivity (Wildman–Crippen MR) is 140 cm³/mol. The van der Waals surface area contributed by atoms with Crippen molar-refractivity contribution in [1.29, 1.82) is 5.26 Å². The summed E-state index contributed by atoms with van der Waals surface area (Å²) in [6.07, 6.45) is 1.98. The number of hydrogen-bond donors (Lipinski definition) is 1. The lowest BCUT2D eigenvalue weighted by Crippen LogP contribution is -2.43. The maximum Gasteiger partial charge on any atom is 0.275 e. The number of morpholine rings is 1. The summed E-state index contributed by atoms with van der Waals surface area (Å²) in [6.45, 7) is 2.13. The summed E-state index contributed by atoms with van der Waals surface area (Å²) in [5.41, 5.74) is 1.31.